The standard InChI is InChI=1S/C18H25N3O/c1-20-9-4-8-18(22,12-20)13-21-10-7-17-15(11-21)14-5-2-3-6-16(14)19-17/h2-3,5-6,19,22H,4,7-13H2,1H3/t18-/m1/s1. The summed E-state index contributed by atoms with van der Waals surface area (Å²) in [6.45, 7) is 4.67. The molecule has 1 saturated heterocycles. The first-order chi connectivity index (χ1) is 10.6. The lowest BCUT2D eigenvalue weighted by atomic mass is 9.91. The van der Waals surface area contributed by atoms with E-state index in [1.807, 2.05) is 0 Å². The maximum Gasteiger partial charge on any atom is 0.0900 e. The van der Waals surface area contributed by atoms with Crippen molar-refractivity contribution >= 4 is 10.9 Å². The number of H-pyrrole nitrogens is 1. The van der Waals surface area contributed by atoms with Gasteiger partial charge in [0.05, 0.1) is 5.60 Å². The van der Waals surface area contributed by atoms with Crippen molar-refractivity contribution in [3.63, 3.8) is 0 Å². The summed E-state index contributed by atoms with van der Waals surface area (Å²) in [5, 5.41) is 12.3. The zero-order valence-corrected chi connectivity index (χ0v) is 13.3. The molecular weight excluding hydrogens is 274 g/mol. The van der Waals surface area contributed by atoms with Gasteiger partial charge in [-0.15, -0.1) is 0 Å². The molecule has 2 aliphatic heterocycles. The molecule has 3 heterocycles. The van der Waals surface area contributed by atoms with Crippen LogP contribution in [0, 0.1) is 0 Å². The lowest BCUT2D eigenvalue weighted by molar-refractivity contribution is -0.0495. The van der Waals surface area contributed by atoms with Crippen molar-refractivity contribution in [2.24, 2.45) is 0 Å². The highest BCUT2D eigenvalue weighted by molar-refractivity contribution is 5.84. The molecule has 0 bridgehead atoms. The van der Waals surface area contributed by atoms with Crippen molar-refractivity contribution in [2.75, 3.05) is 33.2 Å². The quantitative estimate of drug-likeness (QED) is 0.891. The number of nitrogens with one attached hydrogen (secondary N) is 1. The summed E-state index contributed by atoms with van der Waals surface area (Å²) in [6, 6.07) is 8.56. The van der Waals surface area contributed by atoms with Crippen LogP contribution in [-0.4, -0.2) is 58.7 Å². The summed E-state index contributed by atoms with van der Waals surface area (Å²) in [4.78, 5) is 8.25. The zero-order chi connectivity index (χ0) is 15.2. The van der Waals surface area contributed by atoms with E-state index < -0.39 is 5.60 Å². The smallest absolute Gasteiger partial charge is 0.0900 e. The van der Waals surface area contributed by atoms with Gasteiger partial charge in [-0.25, -0.2) is 0 Å². The maximum absolute atomic E-state index is 10.9. The van der Waals surface area contributed by atoms with E-state index in [9.17, 15) is 5.11 Å². The van der Waals surface area contributed by atoms with Crippen LogP contribution in [0.25, 0.3) is 10.9 Å². The molecule has 0 amide bonds. The molecule has 118 valence electrons. The van der Waals surface area contributed by atoms with Gasteiger partial charge in [0.15, 0.2) is 0 Å². The number of aliphatic hydroxyl groups is 1. The lowest BCUT2D eigenvalue weighted by Gasteiger charge is -2.41. The van der Waals surface area contributed by atoms with Crippen LogP contribution in [0.5, 0.6) is 0 Å². The number of β-amino-alcohol motifs (C(OH)–C–C–N with tert-alkyl or cyclic N) is 1. The fourth-order valence-electron chi connectivity index (χ4n) is 4.24. The molecule has 0 spiro atoms. The number of aromatic nitrogens is 1. The minimum absolute atomic E-state index is 0.545. The third-order valence-electron chi connectivity index (χ3n) is 5.23. The number of hydrogen-bond acceptors (Lipinski definition) is 3. The van der Waals surface area contributed by atoms with Crippen LogP contribution in [0.3, 0.4) is 0 Å². The fourth-order valence-corrected chi connectivity index (χ4v) is 4.24. The lowest BCUT2D eigenvalue weighted by Crippen LogP contribution is -2.53. The van der Waals surface area contributed by atoms with E-state index in [1.54, 1.807) is 0 Å². The second-order valence-electron chi connectivity index (χ2n) is 7.15. The average molecular weight is 299 g/mol. The summed E-state index contributed by atoms with van der Waals surface area (Å²) in [5.41, 5.74) is 3.50. The first-order valence-corrected chi connectivity index (χ1v) is 8.35. The van der Waals surface area contributed by atoms with E-state index in [4.69, 9.17) is 0 Å². The van der Waals surface area contributed by atoms with Gasteiger partial charge >= 0.3 is 0 Å². The summed E-state index contributed by atoms with van der Waals surface area (Å²) < 4.78 is 0. The molecule has 1 fully saturated rings. The Morgan fingerprint density at radius 1 is 1.27 bits per heavy atom. The Bertz CT molecular complexity index is 680. The second kappa shape index (κ2) is 5.37. The number of benzene rings is 1. The summed E-state index contributed by atoms with van der Waals surface area (Å²) in [7, 11) is 2.11. The maximum atomic E-state index is 10.9. The van der Waals surface area contributed by atoms with Crippen molar-refractivity contribution in [1.29, 1.82) is 0 Å². The summed E-state index contributed by atoms with van der Waals surface area (Å²) in [5.74, 6) is 0. The number of likely N-dealkylation sites (N-methyl/N-ethyl adjacent to an activating group) is 1. The molecule has 4 rings (SSSR count). The molecule has 0 aliphatic carbocycles. The highest BCUT2D eigenvalue weighted by Gasteiger charge is 2.34. The normalized spacial score (nSPS) is 27.2. The molecular formula is C18H25N3O. The largest absolute Gasteiger partial charge is 0.387 e. The molecule has 1 aromatic carbocycles. The van der Waals surface area contributed by atoms with Gasteiger partial charge in [-0.1, -0.05) is 18.2 Å². The van der Waals surface area contributed by atoms with E-state index in [2.05, 4.69) is 46.1 Å². The Hall–Kier alpha value is -1.36. The van der Waals surface area contributed by atoms with Crippen molar-refractivity contribution in [3.8, 4) is 0 Å². The van der Waals surface area contributed by atoms with Crippen LogP contribution in [0.15, 0.2) is 24.3 Å². The van der Waals surface area contributed by atoms with E-state index in [1.165, 1.54) is 22.2 Å². The van der Waals surface area contributed by atoms with Gasteiger partial charge in [0.1, 0.15) is 0 Å². The second-order valence-corrected chi connectivity index (χ2v) is 7.15. The van der Waals surface area contributed by atoms with Crippen LogP contribution in [0.4, 0.5) is 0 Å². The molecule has 2 aliphatic rings. The minimum atomic E-state index is -0.545. The van der Waals surface area contributed by atoms with Gasteiger partial charge in [-0.3, -0.25) is 4.90 Å². The molecule has 1 aromatic heterocycles. The zero-order valence-electron chi connectivity index (χ0n) is 13.3. The monoisotopic (exact) mass is 299 g/mol. The van der Waals surface area contributed by atoms with Gasteiger partial charge in [-0.05, 0) is 38.1 Å². The Morgan fingerprint density at radius 3 is 3.00 bits per heavy atom. The summed E-state index contributed by atoms with van der Waals surface area (Å²) >= 11 is 0. The van der Waals surface area contributed by atoms with Crippen LogP contribution in [0.2, 0.25) is 0 Å². The number of rotatable bonds is 2. The van der Waals surface area contributed by atoms with Crippen molar-refractivity contribution in [2.45, 2.75) is 31.4 Å². The van der Waals surface area contributed by atoms with Crippen LogP contribution >= 0.6 is 0 Å². The number of fused-ring (bicyclic) bond motifs is 3. The number of nitrogens with zero attached hydrogens (tertiary/aromatic N) is 2. The molecule has 2 aromatic rings. The molecule has 4 nitrogen and oxygen atoms in total. The Kier molecular flexibility index (Phi) is 3.48. The molecule has 4 heteroatoms. The number of para-hydroxylation sites is 1. The highest BCUT2D eigenvalue weighted by Crippen LogP contribution is 2.29. The van der Waals surface area contributed by atoms with E-state index in [0.717, 1.165) is 52.0 Å². The molecule has 0 saturated carbocycles. The van der Waals surface area contributed by atoms with Gasteiger partial charge in [0.2, 0.25) is 0 Å². The van der Waals surface area contributed by atoms with E-state index >= 15 is 0 Å². The van der Waals surface area contributed by atoms with Crippen LogP contribution in [0.1, 0.15) is 24.1 Å². The minimum Gasteiger partial charge on any atom is -0.387 e. The molecule has 0 radical (unpaired) electrons. The van der Waals surface area contributed by atoms with Gasteiger partial charge in [-0.2, -0.15) is 0 Å². The van der Waals surface area contributed by atoms with Crippen molar-refractivity contribution < 1.29 is 5.11 Å². The Balaban J connectivity index is 1.54. The SMILES string of the molecule is CN1CCC[C@](O)(CN2CCc3[nH]c4ccccc4c3C2)C1. The summed E-state index contributed by atoms with van der Waals surface area (Å²) in [6.07, 6.45) is 3.07. The first kappa shape index (κ1) is 14.2. The molecule has 0 unspecified atom stereocenters. The fraction of sp³-hybridized carbons (Fsp3) is 0.556. The predicted octanol–water partition coefficient (Wildman–Crippen LogP) is 1.98. The molecule has 22 heavy (non-hydrogen) atoms. The predicted molar refractivity (Wildman–Crippen MR) is 89.0 cm³/mol. The van der Waals surface area contributed by atoms with Gasteiger partial charge < -0.3 is 15.0 Å². The van der Waals surface area contributed by atoms with Gasteiger partial charge in [0, 0.05) is 49.2 Å². The third-order valence-corrected chi connectivity index (χ3v) is 5.23. The van der Waals surface area contributed by atoms with Crippen molar-refractivity contribution in [1.82, 2.24) is 14.8 Å². The topological polar surface area (TPSA) is 42.5 Å². The third kappa shape index (κ3) is 2.56. The number of aromatic amines is 1. The number of likely N-dealkylation sites (tertiary alicyclic amines) is 1. The first-order valence-electron chi connectivity index (χ1n) is 8.35. The molecule has 2 N–H and O–H groups in total. The number of piperidine rings is 1. The Morgan fingerprint density at radius 2 is 2.14 bits per heavy atom. The highest BCUT2D eigenvalue weighted by atomic mass is 16.3. The van der Waals surface area contributed by atoms with E-state index in [-0.39, 0.29) is 0 Å². The van der Waals surface area contributed by atoms with E-state index in [0.29, 0.717) is 0 Å². The average Bonchev–Trinajstić information content (AvgIpc) is 2.85. The van der Waals surface area contributed by atoms with Crippen LogP contribution in [-0.2, 0) is 13.0 Å². The van der Waals surface area contributed by atoms with Crippen LogP contribution < -0.4 is 0 Å². The number of hydrogen-bond donors (Lipinski definition) is 2. The van der Waals surface area contributed by atoms with Gasteiger partial charge in [0.25, 0.3) is 0 Å². The Labute approximate surface area is 131 Å². The molecule has 1 atom stereocenters. The van der Waals surface area contributed by atoms with Crippen molar-refractivity contribution in [3.05, 3.63) is 35.5 Å².